The number of nitrogens with zero attached hydrogens (tertiary/aromatic N) is 4. The zero-order chi connectivity index (χ0) is 78.5. The third-order valence-electron chi connectivity index (χ3n) is 17.9. The second-order valence-corrected chi connectivity index (χ2v) is 24.7. The molecule has 0 unspecified atom stereocenters. The summed E-state index contributed by atoms with van der Waals surface area (Å²) in [6.45, 7) is 0. The van der Waals surface area contributed by atoms with Crippen LogP contribution in [0.2, 0.25) is 0 Å². The number of hydrogen-bond donors (Lipinski definition) is 0. The zero-order valence-electron chi connectivity index (χ0n) is 53.0. The highest BCUT2D eigenvalue weighted by Crippen LogP contribution is 2.50. The Bertz CT molecular complexity index is 5550. The highest BCUT2D eigenvalue weighted by molar-refractivity contribution is 6.14. The molecular weight excluding hydrogens is 1490 g/mol. The number of hydrogen-bond acceptors (Lipinski definition) is 2. The first-order valence-electron chi connectivity index (χ1n) is 30.7. The summed E-state index contributed by atoms with van der Waals surface area (Å²) in [5.74, 6) is 0. The van der Waals surface area contributed by atoms with E-state index in [2.05, 4.69) is 0 Å². The van der Waals surface area contributed by atoms with Gasteiger partial charge in [-0.05, 0) is 213 Å². The van der Waals surface area contributed by atoms with Gasteiger partial charge in [-0.3, -0.25) is 0 Å². The Morgan fingerprint density at radius 3 is 0.769 bits per heavy atom. The van der Waals surface area contributed by atoms with Gasteiger partial charge < -0.3 is 9.13 Å². The molecule has 2 heterocycles. The first-order valence-corrected chi connectivity index (χ1v) is 30.7. The van der Waals surface area contributed by atoms with Crippen LogP contribution in [0.5, 0.6) is 0 Å². The summed E-state index contributed by atoms with van der Waals surface area (Å²) >= 11 is 0. The van der Waals surface area contributed by atoms with E-state index in [4.69, 9.17) is 0 Å². The average molecular weight is 1530 g/mol. The van der Waals surface area contributed by atoms with E-state index in [1.807, 2.05) is 6.07 Å². The fourth-order valence-electron chi connectivity index (χ4n) is 13.0. The first kappa shape index (κ1) is 74.4. The summed E-state index contributed by atoms with van der Waals surface area (Å²) in [4.78, 5) is 0. The van der Waals surface area contributed by atoms with Gasteiger partial charge >= 0.3 is 55.6 Å². The molecule has 0 aliphatic rings. The van der Waals surface area contributed by atoms with E-state index >= 15 is 0 Å². The minimum absolute atomic E-state index is 0.166. The van der Waals surface area contributed by atoms with Crippen LogP contribution in [0.4, 0.5) is 119 Å². The predicted molar refractivity (Wildman–Crippen MR) is 342 cm³/mol. The van der Waals surface area contributed by atoms with E-state index in [1.165, 1.54) is 45.5 Å². The van der Waals surface area contributed by atoms with Crippen molar-refractivity contribution in [2.75, 3.05) is 0 Å². The van der Waals surface area contributed by atoms with Gasteiger partial charge in [0.25, 0.3) is 0 Å². The molecular formula is C77H33F27N4. The lowest BCUT2D eigenvalue weighted by Crippen LogP contribution is -2.11. The summed E-state index contributed by atoms with van der Waals surface area (Å²) in [6.07, 6.45) is -48.5. The molecule has 0 saturated heterocycles. The highest BCUT2D eigenvalue weighted by Gasteiger charge is 2.42. The van der Waals surface area contributed by atoms with Crippen LogP contribution in [0.25, 0.3) is 122 Å². The molecule has 550 valence electrons. The minimum Gasteiger partial charge on any atom is -0.309 e. The summed E-state index contributed by atoms with van der Waals surface area (Å²) in [5, 5.41) is 20.9. The van der Waals surface area contributed by atoms with E-state index in [9.17, 15) is 129 Å². The number of benzene rings is 11. The third kappa shape index (κ3) is 13.9. The summed E-state index contributed by atoms with van der Waals surface area (Å²) in [5.41, 5.74) is -23.7. The summed E-state index contributed by atoms with van der Waals surface area (Å²) < 4.78 is 393. The maximum absolute atomic E-state index is 14.5. The lowest BCUT2D eigenvalue weighted by Gasteiger charge is -2.21. The van der Waals surface area contributed by atoms with Crippen LogP contribution in [0, 0.1) is 22.7 Å². The fraction of sp³-hybridized carbons (Fsp3) is 0.117. The van der Waals surface area contributed by atoms with Crippen LogP contribution in [0.15, 0.2) is 200 Å². The molecule has 4 nitrogen and oxygen atoms in total. The quantitative estimate of drug-likeness (QED) is 0.142. The Kier molecular flexibility index (Phi) is 17.5. The summed E-state index contributed by atoms with van der Waals surface area (Å²) in [6, 6.07) is 27.6. The molecule has 0 spiro atoms. The van der Waals surface area contributed by atoms with Gasteiger partial charge in [-0.25, -0.2) is 0 Å². The van der Waals surface area contributed by atoms with Gasteiger partial charge in [-0.1, -0.05) is 42.5 Å². The van der Waals surface area contributed by atoms with Crippen molar-refractivity contribution in [1.29, 1.82) is 10.5 Å². The molecule has 13 rings (SSSR count). The highest BCUT2D eigenvalue weighted by atomic mass is 19.4. The van der Waals surface area contributed by atoms with Crippen molar-refractivity contribution in [3.05, 3.63) is 261 Å². The van der Waals surface area contributed by atoms with Crippen molar-refractivity contribution in [2.24, 2.45) is 0 Å². The molecule has 0 fully saturated rings. The molecule has 0 atom stereocenters. The van der Waals surface area contributed by atoms with Crippen LogP contribution in [-0.2, 0) is 55.6 Å². The van der Waals surface area contributed by atoms with Crippen LogP contribution >= 0.6 is 0 Å². The van der Waals surface area contributed by atoms with E-state index in [-0.39, 0.29) is 102 Å². The van der Waals surface area contributed by atoms with Crippen LogP contribution in [-0.4, -0.2) is 9.13 Å². The molecule has 31 heteroatoms. The van der Waals surface area contributed by atoms with Crippen molar-refractivity contribution in [3.63, 3.8) is 0 Å². The number of rotatable bonds is 8. The molecule has 0 bridgehead atoms. The molecule has 108 heavy (non-hydrogen) atoms. The van der Waals surface area contributed by atoms with Crippen molar-refractivity contribution in [3.8, 4) is 90.3 Å². The monoisotopic (exact) mass is 1530 g/mol. The Labute approximate surface area is 587 Å². The van der Waals surface area contributed by atoms with Gasteiger partial charge in [0.1, 0.15) is 0 Å². The van der Waals surface area contributed by atoms with E-state index in [1.54, 1.807) is 6.07 Å². The van der Waals surface area contributed by atoms with Crippen molar-refractivity contribution >= 4 is 43.6 Å². The zero-order valence-corrected chi connectivity index (χ0v) is 53.0. The van der Waals surface area contributed by atoms with E-state index in [0.29, 0.717) is 60.7 Å². The van der Waals surface area contributed by atoms with Gasteiger partial charge in [0.15, 0.2) is 0 Å². The van der Waals surface area contributed by atoms with Gasteiger partial charge in [0.05, 0.1) is 107 Å². The van der Waals surface area contributed by atoms with E-state index < -0.39 is 161 Å². The van der Waals surface area contributed by atoms with Crippen LogP contribution in [0.3, 0.4) is 0 Å². The van der Waals surface area contributed by atoms with Gasteiger partial charge in [0.2, 0.25) is 0 Å². The Morgan fingerprint density at radius 1 is 0.213 bits per heavy atom. The van der Waals surface area contributed by atoms with Gasteiger partial charge in [-0.2, -0.15) is 129 Å². The second kappa shape index (κ2) is 25.4. The second-order valence-electron chi connectivity index (χ2n) is 24.7. The Balaban J connectivity index is 1.16. The number of aromatic nitrogens is 2. The molecule has 0 N–H and O–H groups in total. The maximum Gasteiger partial charge on any atom is 0.416 e. The number of halogens is 27. The lowest BCUT2D eigenvalue weighted by molar-refractivity contribution is -0.144. The smallest absolute Gasteiger partial charge is 0.309 e. The van der Waals surface area contributed by atoms with Crippen LogP contribution < -0.4 is 0 Å². The Hall–Kier alpha value is -11.9. The minimum atomic E-state index is -5.43. The molecule has 0 aliphatic carbocycles. The van der Waals surface area contributed by atoms with Crippen LogP contribution in [0.1, 0.15) is 61.2 Å². The average Bonchev–Trinajstić information content (AvgIpc) is 1.54. The van der Waals surface area contributed by atoms with Gasteiger partial charge in [0, 0.05) is 32.7 Å². The van der Waals surface area contributed by atoms with Gasteiger partial charge in [-0.15, -0.1) is 0 Å². The molecule has 0 radical (unpaired) electrons. The molecule has 11 aromatic carbocycles. The van der Waals surface area contributed by atoms with E-state index in [0.717, 1.165) is 78.9 Å². The van der Waals surface area contributed by atoms with Crippen molar-refractivity contribution < 1.29 is 119 Å². The first-order chi connectivity index (χ1) is 50.1. The fourth-order valence-corrected chi connectivity index (χ4v) is 13.0. The predicted octanol–water partition coefficient (Wildman–Crippen LogP) is 26.8. The number of nitriles is 2. The molecule has 2 aromatic heterocycles. The molecule has 0 saturated carbocycles. The maximum atomic E-state index is 14.5. The standard InChI is InChI=1S/C77H33F27N4/c78-69(79,80)47-9-10-56(46(24-47)35-106)40-8-15-66(107-62-11-4-36(42-16-48(70(81,82)83)30-49(17-42)71(84,85)86)25-57(62)58-26-37(5-12-63(58)107)43-18-50(72(87,88)89)31-51(19-43)73(90,91)92)61(29-40)68-41(34-105)2-1-3-67(68)108-64-13-6-38(44-20-52(74(93,94)95)32-53(21-44)75(96,97)98)27-59(64)60-28-39(7-14-65(60)108)45-22-54(76(99,100)101)33-55(23-45)77(102,103)104/h1-33H. The Morgan fingerprint density at radius 2 is 0.491 bits per heavy atom. The lowest BCUT2D eigenvalue weighted by atomic mass is 9.91. The number of alkyl halides is 27. The summed E-state index contributed by atoms with van der Waals surface area (Å²) in [7, 11) is 0. The molecule has 13 aromatic rings. The largest absolute Gasteiger partial charge is 0.416 e. The van der Waals surface area contributed by atoms with Crippen molar-refractivity contribution in [1.82, 2.24) is 9.13 Å². The third-order valence-corrected chi connectivity index (χ3v) is 17.9. The number of fused-ring (bicyclic) bond motifs is 6. The van der Waals surface area contributed by atoms with Crippen molar-refractivity contribution in [2.45, 2.75) is 55.6 Å². The molecule has 0 aliphatic heterocycles. The SMILES string of the molecule is N#Cc1cc(C(F)(F)F)ccc1-c1ccc(-n2c3ccc(-c4cc(C(F)(F)F)cc(C(F)(F)F)c4)cc3c3cc(-c4cc(C(F)(F)F)cc(C(F)(F)F)c4)ccc32)c(-c2c(C#N)cccc2-n2c3ccc(-c4cc(C(F)(F)F)cc(C(F)(F)F)c4)cc3c3cc(-c4cc(C(F)(F)F)cc(C(F)(F)F)c4)ccc32)c1. The normalized spacial score (nSPS) is 13.1. The topological polar surface area (TPSA) is 57.4 Å². The molecule has 0 amide bonds.